The second-order valence-electron chi connectivity index (χ2n) is 9.57. The molecule has 1 fully saturated rings. The summed E-state index contributed by atoms with van der Waals surface area (Å²) in [7, 11) is 1.66. The number of benzene rings is 2. The summed E-state index contributed by atoms with van der Waals surface area (Å²) < 4.78 is 23.7. The Balaban J connectivity index is 1.62. The van der Waals surface area contributed by atoms with Crippen molar-refractivity contribution < 1.29 is 24.1 Å². The van der Waals surface area contributed by atoms with Crippen LogP contribution in [-0.2, 0) is 20.8 Å². The minimum absolute atomic E-state index is 0.0155. The zero-order valence-corrected chi connectivity index (χ0v) is 21.6. The van der Waals surface area contributed by atoms with Gasteiger partial charge in [0.25, 0.3) is 0 Å². The number of aliphatic hydroxyl groups excluding tert-OH is 1. The van der Waals surface area contributed by atoms with E-state index in [-0.39, 0.29) is 42.9 Å². The average molecular weight is 481 g/mol. The molecule has 5 heteroatoms. The lowest BCUT2D eigenvalue weighted by molar-refractivity contribution is -0.225. The van der Waals surface area contributed by atoms with Gasteiger partial charge in [0.05, 0.1) is 32.5 Å². The SMILES string of the molecule is COc1ccc(CO[C@H]([C@H](C)CO)[C@@H](C)/C=C(C)/C=C/[C@H]2O[C@@H](c3ccccc3)OC[C@@H]2C)cc1. The Kier molecular flexibility index (Phi) is 10.5. The molecule has 2 aromatic rings. The number of allylic oxidation sites excluding steroid dienone is 2. The van der Waals surface area contributed by atoms with Gasteiger partial charge >= 0.3 is 0 Å². The van der Waals surface area contributed by atoms with Crippen molar-refractivity contribution in [1.82, 2.24) is 0 Å². The highest BCUT2D eigenvalue weighted by molar-refractivity contribution is 5.26. The first-order chi connectivity index (χ1) is 16.9. The summed E-state index contributed by atoms with van der Waals surface area (Å²) in [5.41, 5.74) is 3.25. The molecule has 5 nitrogen and oxygen atoms in total. The van der Waals surface area contributed by atoms with Crippen molar-refractivity contribution in [2.75, 3.05) is 20.3 Å². The van der Waals surface area contributed by atoms with Crippen LogP contribution in [0.2, 0.25) is 0 Å². The van der Waals surface area contributed by atoms with Crippen molar-refractivity contribution in [3.8, 4) is 5.75 Å². The van der Waals surface area contributed by atoms with Gasteiger partial charge < -0.3 is 24.1 Å². The lowest BCUT2D eigenvalue weighted by atomic mass is 9.91. The van der Waals surface area contributed by atoms with Gasteiger partial charge in [-0.05, 0) is 24.6 Å². The molecule has 1 N–H and O–H groups in total. The van der Waals surface area contributed by atoms with E-state index in [0.29, 0.717) is 13.2 Å². The topological polar surface area (TPSA) is 57.2 Å². The third-order valence-electron chi connectivity index (χ3n) is 6.47. The first-order valence-corrected chi connectivity index (χ1v) is 12.4. The van der Waals surface area contributed by atoms with Crippen molar-refractivity contribution >= 4 is 0 Å². The van der Waals surface area contributed by atoms with Crippen molar-refractivity contribution in [2.24, 2.45) is 17.8 Å². The highest BCUT2D eigenvalue weighted by Gasteiger charge is 2.28. The molecule has 0 aromatic heterocycles. The molecule has 1 aliphatic rings. The fraction of sp³-hybridized carbons (Fsp3) is 0.467. The summed E-state index contributed by atoms with van der Waals surface area (Å²) in [5.74, 6) is 1.24. The average Bonchev–Trinajstić information content (AvgIpc) is 2.89. The van der Waals surface area contributed by atoms with Crippen molar-refractivity contribution in [3.05, 3.63) is 89.5 Å². The van der Waals surface area contributed by atoms with Crippen LogP contribution in [0.15, 0.2) is 78.4 Å². The first-order valence-electron chi connectivity index (χ1n) is 12.4. The molecule has 190 valence electrons. The van der Waals surface area contributed by atoms with Crippen LogP contribution >= 0.6 is 0 Å². The maximum atomic E-state index is 9.82. The Morgan fingerprint density at radius 3 is 2.49 bits per heavy atom. The largest absolute Gasteiger partial charge is 0.497 e. The summed E-state index contributed by atoms with van der Waals surface area (Å²) in [6.45, 7) is 9.62. The lowest BCUT2D eigenvalue weighted by Gasteiger charge is -2.33. The summed E-state index contributed by atoms with van der Waals surface area (Å²) in [4.78, 5) is 0. The van der Waals surface area contributed by atoms with E-state index >= 15 is 0 Å². The predicted octanol–water partition coefficient (Wildman–Crippen LogP) is 6.10. The molecule has 0 aliphatic carbocycles. The Morgan fingerprint density at radius 2 is 1.83 bits per heavy atom. The molecule has 0 saturated carbocycles. The molecule has 0 amide bonds. The standard InChI is InChI=1S/C30H40O5/c1-21(11-16-28-24(4)19-34-30(35-28)26-9-7-6-8-10-26)17-22(2)29(23(3)18-31)33-20-25-12-14-27(32-5)15-13-25/h6-17,22-24,28-31H,18-20H2,1-5H3/b16-11+,21-17+/t22-,23+,24-,28+,29-,30-/m0/s1. The van der Waals surface area contributed by atoms with Crippen LogP contribution in [0.4, 0.5) is 0 Å². The quantitative estimate of drug-likeness (QED) is 0.394. The molecule has 0 unspecified atom stereocenters. The van der Waals surface area contributed by atoms with Gasteiger partial charge in [0.1, 0.15) is 5.75 Å². The predicted molar refractivity (Wildman–Crippen MR) is 139 cm³/mol. The van der Waals surface area contributed by atoms with Gasteiger partial charge in [-0.2, -0.15) is 0 Å². The second-order valence-corrected chi connectivity index (χ2v) is 9.57. The number of ether oxygens (including phenoxy) is 4. The van der Waals surface area contributed by atoms with E-state index in [4.69, 9.17) is 18.9 Å². The molecule has 35 heavy (non-hydrogen) atoms. The molecule has 3 rings (SSSR count). The van der Waals surface area contributed by atoms with E-state index in [1.165, 1.54) is 0 Å². The first kappa shape index (κ1) is 27.2. The van der Waals surface area contributed by atoms with Gasteiger partial charge in [0.15, 0.2) is 6.29 Å². The summed E-state index contributed by atoms with van der Waals surface area (Å²) in [6, 6.07) is 17.9. The molecule has 1 saturated heterocycles. The minimum atomic E-state index is -0.341. The zero-order valence-electron chi connectivity index (χ0n) is 21.6. The fourth-order valence-electron chi connectivity index (χ4n) is 4.33. The third kappa shape index (κ3) is 8.04. The molecule has 0 bridgehead atoms. The van der Waals surface area contributed by atoms with Crippen LogP contribution in [0, 0.1) is 17.8 Å². The van der Waals surface area contributed by atoms with E-state index < -0.39 is 0 Å². The number of hydrogen-bond acceptors (Lipinski definition) is 5. The van der Waals surface area contributed by atoms with Gasteiger partial charge in [-0.1, -0.05) is 87.0 Å². The lowest BCUT2D eigenvalue weighted by Crippen LogP contribution is -2.33. The smallest absolute Gasteiger partial charge is 0.184 e. The van der Waals surface area contributed by atoms with Crippen LogP contribution in [0.1, 0.15) is 45.1 Å². The maximum Gasteiger partial charge on any atom is 0.184 e. The zero-order chi connectivity index (χ0) is 25.2. The van der Waals surface area contributed by atoms with Gasteiger partial charge in [-0.25, -0.2) is 0 Å². The molecular weight excluding hydrogens is 440 g/mol. The van der Waals surface area contributed by atoms with Crippen LogP contribution < -0.4 is 4.74 Å². The monoisotopic (exact) mass is 480 g/mol. The molecular formula is C30H40O5. The van der Waals surface area contributed by atoms with E-state index in [9.17, 15) is 5.11 Å². The Labute approximate surface area is 210 Å². The Hall–Kier alpha value is -2.44. The second kappa shape index (κ2) is 13.6. The number of hydrogen-bond donors (Lipinski definition) is 1. The third-order valence-corrected chi connectivity index (χ3v) is 6.47. The highest BCUT2D eigenvalue weighted by atomic mass is 16.7. The summed E-state index contributed by atoms with van der Waals surface area (Å²) in [5, 5.41) is 9.82. The van der Waals surface area contributed by atoms with E-state index in [2.05, 4.69) is 39.0 Å². The molecule has 2 aromatic carbocycles. The molecule has 0 radical (unpaired) electrons. The van der Waals surface area contributed by atoms with Gasteiger partial charge in [0, 0.05) is 29.9 Å². The number of methoxy groups -OCH3 is 1. The van der Waals surface area contributed by atoms with Crippen molar-refractivity contribution in [3.63, 3.8) is 0 Å². The van der Waals surface area contributed by atoms with Gasteiger partial charge in [-0.15, -0.1) is 0 Å². The molecule has 0 spiro atoms. The number of rotatable bonds is 11. The minimum Gasteiger partial charge on any atom is -0.497 e. The van der Waals surface area contributed by atoms with Crippen LogP contribution in [0.5, 0.6) is 5.75 Å². The van der Waals surface area contributed by atoms with Crippen molar-refractivity contribution in [2.45, 2.75) is 52.8 Å². The fourth-order valence-corrected chi connectivity index (χ4v) is 4.33. The maximum absolute atomic E-state index is 9.82. The molecule has 1 heterocycles. The summed E-state index contributed by atoms with van der Waals surface area (Å²) >= 11 is 0. The normalized spacial score (nSPS) is 23.7. The number of aliphatic hydroxyl groups is 1. The van der Waals surface area contributed by atoms with E-state index in [1.807, 2.05) is 61.5 Å². The molecule has 6 atom stereocenters. The van der Waals surface area contributed by atoms with Crippen LogP contribution in [0.3, 0.4) is 0 Å². The highest BCUT2D eigenvalue weighted by Crippen LogP contribution is 2.30. The van der Waals surface area contributed by atoms with Gasteiger partial charge in [-0.3, -0.25) is 0 Å². The van der Waals surface area contributed by atoms with E-state index in [1.54, 1.807) is 7.11 Å². The summed E-state index contributed by atoms with van der Waals surface area (Å²) in [6.07, 6.45) is 5.99. The van der Waals surface area contributed by atoms with Gasteiger partial charge in [0.2, 0.25) is 0 Å². The van der Waals surface area contributed by atoms with E-state index in [0.717, 1.165) is 22.4 Å². The van der Waals surface area contributed by atoms with Crippen LogP contribution in [0.25, 0.3) is 0 Å². The Bertz CT molecular complexity index is 937. The Morgan fingerprint density at radius 1 is 1.11 bits per heavy atom. The van der Waals surface area contributed by atoms with Crippen molar-refractivity contribution in [1.29, 1.82) is 0 Å². The van der Waals surface area contributed by atoms with Crippen LogP contribution in [-0.4, -0.2) is 37.6 Å². The molecule has 1 aliphatic heterocycles.